The molecule has 0 aliphatic carbocycles. The Morgan fingerprint density at radius 2 is 2.70 bits per heavy atom. The first-order chi connectivity index (χ1) is 4.84. The van der Waals surface area contributed by atoms with Gasteiger partial charge in [-0.15, -0.1) is 0 Å². The molecule has 10 heavy (non-hydrogen) atoms. The van der Waals surface area contributed by atoms with Crippen molar-refractivity contribution in [1.29, 1.82) is 0 Å². The fourth-order valence-electron chi connectivity index (χ4n) is 0.556. The number of nitrogens with one attached hydrogen (secondary N) is 1. The van der Waals surface area contributed by atoms with Gasteiger partial charge in [0.05, 0.1) is 12.0 Å². The van der Waals surface area contributed by atoms with E-state index in [0.717, 1.165) is 6.08 Å². The Morgan fingerprint density at radius 3 is 3.20 bits per heavy atom. The van der Waals surface area contributed by atoms with Crippen LogP contribution in [-0.2, 0) is 4.79 Å². The van der Waals surface area contributed by atoms with E-state index in [2.05, 4.69) is 9.97 Å². The number of H-pyrrole nitrogens is 1. The van der Waals surface area contributed by atoms with Crippen LogP contribution in [0.1, 0.15) is 5.69 Å². The summed E-state index contributed by atoms with van der Waals surface area (Å²) in [5.74, 6) is 0. The molecule has 0 bridgehead atoms. The molecule has 0 spiro atoms. The fourth-order valence-corrected chi connectivity index (χ4v) is 0.556. The van der Waals surface area contributed by atoms with Crippen molar-refractivity contribution in [3.63, 3.8) is 0 Å². The van der Waals surface area contributed by atoms with E-state index in [-0.39, 0.29) is 0 Å². The molecule has 1 aromatic rings. The lowest BCUT2D eigenvalue weighted by molar-refractivity contribution is 0.564. The summed E-state index contributed by atoms with van der Waals surface area (Å²) in [6.45, 7) is 0. The summed E-state index contributed by atoms with van der Waals surface area (Å²) in [6, 6.07) is 0. The molecule has 1 radical (unpaired) electrons. The highest BCUT2D eigenvalue weighted by molar-refractivity contribution is 5.79. The van der Waals surface area contributed by atoms with Crippen LogP contribution in [0.4, 0.5) is 0 Å². The van der Waals surface area contributed by atoms with E-state index in [4.69, 9.17) is 5.73 Å². The van der Waals surface area contributed by atoms with Gasteiger partial charge >= 0.3 is 0 Å². The minimum atomic E-state index is 0.316. The zero-order valence-corrected chi connectivity index (χ0v) is 5.16. The van der Waals surface area contributed by atoms with Crippen molar-refractivity contribution in [2.75, 3.05) is 0 Å². The highest BCUT2D eigenvalue weighted by Gasteiger charge is 1.95. The SMILES string of the molecule is N/C(=C\[C]=O)c1c[nH]cn1. The maximum Gasteiger partial charge on any atom is 0.227 e. The van der Waals surface area contributed by atoms with Crippen LogP contribution in [0.15, 0.2) is 18.6 Å². The number of nitrogens with two attached hydrogens (primary N) is 1. The zero-order valence-electron chi connectivity index (χ0n) is 5.16. The second-order valence-electron chi connectivity index (χ2n) is 1.67. The second-order valence-corrected chi connectivity index (χ2v) is 1.67. The Balaban J connectivity index is 2.86. The number of allylic oxidation sites excluding steroid dienone is 1. The molecule has 0 saturated heterocycles. The molecule has 0 saturated carbocycles. The van der Waals surface area contributed by atoms with Gasteiger partial charge in [-0.3, -0.25) is 4.79 Å². The minimum absolute atomic E-state index is 0.316. The number of carbonyl (C=O) groups excluding carboxylic acids is 1. The van der Waals surface area contributed by atoms with E-state index in [0.29, 0.717) is 11.4 Å². The molecule has 4 heteroatoms. The lowest BCUT2D eigenvalue weighted by atomic mass is 10.3. The van der Waals surface area contributed by atoms with Crippen molar-refractivity contribution in [3.8, 4) is 0 Å². The van der Waals surface area contributed by atoms with Gasteiger partial charge in [-0.25, -0.2) is 4.98 Å². The minimum Gasteiger partial charge on any atom is -0.397 e. The van der Waals surface area contributed by atoms with Crippen molar-refractivity contribution < 1.29 is 4.79 Å². The molecule has 3 N–H and O–H groups in total. The zero-order chi connectivity index (χ0) is 7.40. The topological polar surface area (TPSA) is 71.8 Å². The van der Waals surface area contributed by atoms with Gasteiger partial charge < -0.3 is 10.7 Å². The molecule has 0 aromatic carbocycles. The molecule has 0 fully saturated rings. The quantitative estimate of drug-likeness (QED) is 0.554. The highest BCUT2D eigenvalue weighted by Crippen LogP contribution is 2.00. The molecule has 1 rings (SSSR count). The van der Waals surface area contributed by atoms with E-state index >= 15 is 0 Å². The smallest absolute Gasteiger partial charge is 0.227 e. The number of hydrogen-bond acceptors (Lipinski definition) is 3. The summed E-state index contributed by atoms with van der Waals surface area (Å²) in [5, 5.41) is 0. The number of aromatic nitrogens is 2. The first-order valence-corrected chi connectivity index (χ1v) is 2.67. The number of imidazole rings is 1. The number of hydrogen-bond donors (Lipinski definition) is 2. The van der Waals surface area contributed by atoms with Crippen LogP contribution in [0.25, 0.3) is 5.70 Å². The summed E-state index contributed by atoms with van der Waals surface area (Å²) in [6.07, 6.45) is 5.79. The monoisotopic (exact) mass is 136 g/mol. The Kier molecular flexibility index (Phi) is 1.84. The van der Waals surface area contributed by atoms with Crippen LogP contribution in [0.3, 0.4) is 0 Å². The third-order valence-electron chi connectivity index (χ3n) is 1.01. The number of nitrogens with zero attached hydrogens (tertiary/aromatic N) is 1. The standard InChI is InChI=1S/C6H6N3O/c7-5(1-2-10)6-3-8-4-9-6/h1,3-4H,7H2,(H,8,9)/b5-1-. The van der Waals surface area contributed by atoms with E-state index in [1.165, 1.54) is 6.33 Å². The van der Waals surface area contributed by atoms with Crippen molar-refractivity contribution in [1.82, 2.24) is 9.97 Å². The highest BCUT2D eigenvalue weighted by atomic mass is 16.1. The third-order valence-corrected chi connectivity index (χ3v) is 1.01. The van der Waals surface area contributed by atoms with Gasteiger partial charge in [-0.05, 0) is 0 Å². The molecule has 0 amide bonds. The first-order valence-electron chi connectivity index (χ1n) is 2.67. The van der Waals surface area contributed by atoms with Gasteiger partial charge in [0, 0.05) is 12.3 Å². The summed E-state index contributed by atoms with van der Waals surface area (Å²) >= 11 is 0. The van der Waals surface area contributed by atoms with E-state index in [1.54, 1.807) is 12.5 Å². The predicted molar refractivity (Wildman–Crippen MR) is 36.4 cm³/mol. The molecule has 0 aliphatic heterocycles. The third kappa shape index (κ3) is 1.22. The molecule has 1 aromatic heterocycles. The molecule has 0 aliphatic rings. The molecule has 0 atom stereocenters. The largest absolute Gasteiger partial charge is 0.397 e. The Hall–Kier alpha value is -1.58. The number of aromatic amines is 1. The van der Waals surface area contributed by atoms with Crippen molar-refractivity contribution in [2.45, 2.75) is 0 Å². The lowest BCUT2D eigenvalue weighted by Crippen LogP contribution is -1.96. The summed E-state index contributed by atoms with van der Waals surface area (Å²) < 4.78 is 0. The van der Waals surface area contributed by atoms with Crippen LogP contribution < -0.4 is 5.73 Å². The maximum absolute atomic E-state index is 9.79. The molecule has 1 heterocycles. The fraction of sp³-hybridized carbons (Fsp3) is 0. The van der Waals surface area contributed by atoms with Crippen LogP contribution in [0.5, 0.6) is 0 Å². The average Bonchev–Trinajstić information content (AvgIpc) is 2.38. The second kappa shape index (κ2) is 2.82. The lowest BCUT2D eigenvalue weighted by Gasteiger charge is -1.88. The Bertz CT molecular complexity index is 238. The Morgan fingerprint density at radius 1 is 1.90 bits per heavy atom. The van der Waals surface area contributed by atoms with Crippen LogP contribution >= 0.6 is 0 Å². The van der Waals surface area contributed by atoms with Gasteiger partial charge in [-0.2, -0.15) is 0 Å². The van der Waals surface area contributed by atoms with Gasteiger partial charge in [0.1, 0.15) is 5.69 Å². The summed E-state index contributed by atoms with van der Waals surface area (Å²) in [7, 11) is 0. The van der Waals surface area contributed by atoms with Gasteiger partial charge in [0.25, 0.3) is 0 Å². The van der Waals surface area contributed by atoms with E-state index in [9.17, 15) is 4.79 Å². The van der Waals surface area contributed by atoms with Crippen LogP contribution in [-0.4, -0.2) is 16.3 Å². The summed E-state index contributed by atoms with van der Waals surface area (Å²) in [5.41, 5.74) is 6.24. The van der Waals surface area contributed by atoms with Gasteiger partial charge in [0.15, 0.2) is 0 Å². The molecule has 0 unspecified atom stereocenters. The summed E-state index contributed by atoms with van der Waals surface area (Å²) in [4.78, 5) is 16.3. The molecular formula is C6H6N3O. The molecular weight excluding hydrogens is 130 g/mol. The first kappa shape index (κ1) is 6.54. The average molecular weight is 136 g/mol. The van der Waals surface area contributed by atoms with Crippen molar-refractivity contribution >= 4 is 12.0 Å². The van der Waals surface area contributed by atoms with Crippen LogP contribution in [0, 0.1) is 0 Å². The normalized spacial score (nSPS) is 11.4. The van der Waals surface area contributed by atoms with Crippen molar-refractivity contribution in [3.05, 3.63) is 24.3 Å². The Labute approximate surface area is 57.8 Å². The molecule has 4 nitrogen and oxygen atoms in total. The van der Waals surface area contributed by atoms with E-state index < -0.39 is 0 Å². The predicted octanol–water partition coefficient (Wildman–Crippen LogP) is -0.181. The van der Waals surface area contributed by atoms with Gasteiger partial charge in [-0.1, -0.05) is 0 Å². The van der Waals surface area contributed by atoms with E-state index in [1.807, 2.05) is 0 Å². The molecule has 51 valence electrons. The van der Waals surface area contributed by atoms with Gasteiger partial charge in [0.2, 0.25) is 6.29 Å². The van der Waals surface area contributed by atoms with Crippen LogP contribution in [0.2, 0.25) is 0 Å². The maximum atomic E-state index is 9.79. The van der Waals surface area contributed by atoms with Crippen molar-refractivity contribution in [2.24, 2.45) is 5.73 Å². The number of rotatable bonds is 2.